The van der Waals surface area contributed by atoms with Crippen LogP contribution in [-0.4, -0.2) is 29.1 Å². The van der Waals surface area contributed by atoms with Gasteiger partial charge in [0.25, 0.3) is 0 Å². The number of cyclic esters (lactones) is 2. The minimum Gasteiger partial charge on any atom is -0.462 e. The van der Waals surface area contributed by atoms with Gasteiger partial charge in [0.1, 0.15) is 12.2 Å². The van der Waals surface area contributed by atoms with Crippen molar-refractivity contribution in [2.75, 3.05) is 0 Å². The molecule has 2 rings (SSSR count). The first-order valence-corrected chi connectivity index (χ1v) is 11.0. The van der Waals surface area contributed by atoms with E-state index in [0.717, 1.165) is 41.1 Å². The normalized spacial score (nSPS) is 25.3. The van der Waals surface area contributed by atoms with Crippen molar-refractivity contribution < 1.29 is 19.1 Å². The summed E-state index contributed by atoms with van der Waals surface area (Å²) in [6.07, 6.45) is 10.5. The molecule has 2 atom stereocenters. The summed E-state index contributed by atoms with van der Waals surface area (Å²) < 4.78 is 11.1. The Balaban J connectivity index is 2.16. The largest absolute Gasteiger partial charge is 0.462 e. The van der Waals surface area contributed by atoms with Crippen LogP contribution in [0.1, 0.15) is 64.1 Å². The van der Waals surface area contributed by atoms with E-state index in [1.54, 1.807) is 17.4 Å². The number of fused-ring (bicyclic) bond motifs is 2. The van der Waals surface area contributed by atoms with Crippen LogP contribution in [-0.2, 0) is 31.9 Å². The zero-order chi connectivity index (χ0) is 21.2. The maximum atomic E-state index is 12.2. The lowest BCUT2D eigenvalue weighted by atomic mass is 10.1. The first-order valence-electron chi connectivity index (χ1n) is 10.1. The number of esters is 2. The van der Waals surface area contributed by atoms with Gasteiger partial charge in [-0.2, -0.15) is 0 Å². The summed E-state index contributed by atoms with van der Waals surface area (Å²) in [5.74, 6) is -0.545. The van der Waals surface area contributed by atoms with Gasteiger partial charge in [-0.15, -0.1) is 11.3 Å². The molecule has 0 fully saturated rings. The van der Waals surface area contributed by atoms with Crippen LogP contribution in [0.3, 0.4) is 0 Å². The molecule has 2 bridgehead atoms. The summed E-state index contributed by atoms with van der Waals surface area (Å²) in [6, 6.07) is 0. The Morgan fingerprint density at radius 3 is 2.69 bits per heavy atom. The molecule has 0 aromatic carbocycles. The van der Waals surface area contributed by atoms with Crippen molar-refractivity contribution in [1.29, 1.82) is 0 Å². The van der Waals surface area contributed by atoms with Crippen LogP contribution in [0, 0.1) is 0 Å². The molecule has 2 unspecified atom stereocenters. The molecular weight excluding hydrogens is 386 g/mol. The van der Waals surface area contributed by atoms with E-state index in [9.17, 15) is 9.59 Å². The van der Waals surface area contributed by atoms with Crippen molar-refractivity contribution in [3.05, 3.63) is 51.5 Å². The minimum atomic E-state index is -0.384. The van der Waals surface area contributed by atoms with Crippen LogP contribution in [0.5, 0.6) is 0 Å². The van der Waals surface area contributed by atoms with Crippen molar-refractivity contribution in [3.63, 3.8) is 0 Å². The smallest absolute Gasteiger partial charge is 0.331 e. The van der Waals surface area contributed by atoms with Gasteiger partial charge in [-0.1, -0.05) is 23.3 Å². The van der Waals surface area contributed by atoms with Gasteiger partial charge in [0.15, 0.2) is 0 Å². The molecule has 0 saturated heterocycles. The Kier molecular flexibility index (Phi) is 9.32. The predicted octanol–water partition coefficient (Wildman–Crippen LogP) is 5.11. The van der Waals surface area contributed by atoms with Crippen molar-refractivity contribution in [2.24, 2.45) is 0 Å². The van der Waals surface area contributed by atoms with Crippen LogP contribution >= 0.6 is 11.3 Å². The fraction of sp³-hybridized carbons (Fsp3) is 0.522. The van der Waals surface area contributed by atoms with Crippen LogP contribution in [0.15, 0.2) is 40.8 Å². The number of aromatic nitrogens is 1. The highest BCUT2D eigenvalue weighted by atomic mass is 32.1. The van der Waals surface area contributed by atoms with Gasteiger partial charge in [-0.3, -0.25) is 4.79 Å². The molecular formula is C23H31NO4S. The second-order valence-electron chi connectivity index (χ2n) is 7.74. The lowest BCUT2D eigenvalue weighted by Crippen LogP contribution is -2.17. The van der Waals surface area contributed by atoms with Crippen molar-refractivity contribution in [1.82, 2.24) is 4.98 Å². The third-order valence-electron chi connectivity index (χ3n) is 4.38. The number of carbonyl (C=O) groups excluding carboxylic acids is 2. The monoisotopic (exact) mass is 417 g/mol. The second kappa shape index (κ2) is 11.7. The molecule has 2 heterocycles. The quantitative estimate of drug-likeness (QED) is 0.469. The average Bonchev–Trinajstić information content (AvgIpc) is 3.04. The Morgan fingerprint density at radius 2 is 1.93 bits per heavy atom. The number of rotatable bonds is 1. The highest BCUT2D eigenvalue weighted by Crippen LogP contribution is 2.18. The molecule has 6 heteroatoms. The Labute approximate surface area is 177 Å². The van der Waals surface area contributed by atoms with Gasteiger partial charge >= 0.3 is 11.9 Å². The lowest BCUT2D eigenvalue weighted by Gasteiger charge is -2.13. The first-order chi connectivity index (χ1) is 13.8. The van der Waals surface area contributed by atoms with Crippen molar-refractivity contribution in [3.8, 4) is 0 Å². The Morgan fingerprint density at radius 1 is 1.17 bits per heavy atom. The maximum absolute atomic E-state index is 12.2. The Hall–Kier alpha value is -2.21. The summed E-state index contributed by atoms with van der Waals surface area (Å²) in [7, 11) is 0. The van der Waals surface area contributed by atoms with Crippen molar-refractivity contribution >= 4 is 23.3 Å². The predicted molar refractivity (Wildman–Crippen MR) is 116 cm³/mol. The minimum absolute atomic E-state index is 0.161. The fourth-order valence-corrected chi connectivity index (χ4v) is 4.01. The van der Waals surface area contributed by atoms with Gasteiger partial charge < -0.3 is 9.47 Å². The molecule has 1 aliphatic heterocycles. The molecule has 29 heavy (non-hydrogen) atoms. The third-order valence-corrected chi connectivity index (χ3v) is 5.30. The van der Waals surface area contributed by atoms with Crippen LogP contribution in [0.2, 0.25) is 0 Å². The van der Waals surface area contributed by atoms with E-state index in [0.29, 0.717) is 19.3 Å². The lowest BCUT2D eigenvalue weighted by molar-refractivity contribution is -0.148. The van der Waals surface area contributed by atoms with Gasteiger partial charge in [0, 0.05) is 30.7 Å². The van der Waals surface area contributed by atoms with Crippen LogP contribution in [0.25, 0.3) is 0 Å². The summed E-state index contributed by atoms with van der Waals surface area (Å²) >= 11 is 1.58. The molecule has 5 nitrogen and oxygen atoms in total. The highest BCUT2D eigenvalue weighted by Gasteiger charge is 2.15. The molecule has 0 saturated carbocycles. The molecule has 0 amide bonds. The summed E-state index contributed by atoms with van der Waals surface area (Å²) in [6.45, 7) is 7.81. The van der Waals surface area contributed by atoms with Crippen LogP contribution < -0.4 is 0 Å². The van der Waals surface area contributed by atoms with E-state index in [-0.39, 0.29) is 24.1 Å². The van der Waals surface area contributed by atoms with Gasteiger partial charge in [-0.25, -0.2) is 9.78 Å². The van der Waals surface area contributed by atoms with Crippen LogP contribution in [0.4, 0.5) is 0 Å². The number of carbonyl (C=O) groups is 2. The van der Waals surface area contributed by atoms with E-state index < -0.39 is 0 Å². The topological polar surface area (TPSA) is 65.5 Å². The van der Waals surface area contributed by atoms with Crippen molar-refractivity contribution in [2.45, 2.75) is 78.4 Å². The van der Waals surface area contributed by atoms with Gasteiger partial charge in [0.05, 0.1) is 10.7 Å². The summed E-state index contributed by atoms with van der Waals surface area (Å²) in [5, 5.41) is 2.99. The van der Waals surface area contributed by atoms with Gasteiger partial charge in [0.2, 0.25) is 0 Å². The first kappa shape index (κ1) is 23.1. The third kappa shape index (κ3) is 9.22. The number of hydrogen-bond acceptors (Lipinski definition) is 6. The molecule has 0 spiro atoms. The van der Waals surface area contributed by atoms with E-state index in [2.05, 4.69) is 4.98 Å². The summed E-state index contributed by atoms with van der Waals surface area (Å²) in [5.41, 5.74) is 3.14. The Bertz CT molecular complexity index is 787. The number of ether oxygens (including phenoxy) is 2. The molecule has 1 aromatic rings. The SMILES string of the molecule is CC(C)=CC1Cc2nc(cs2)CCCCC(=O)OC(C)C/C(C)=C/C=C\C(=O)O1. The zero-order valence-corrected chi connectivity index (χ0v) is 18.6. The summed E-state index contributed by atoms with van der Waals surface area (Å²) in [4.78, 5) is 28.9. The van der Waals surface area contributed by atoms with E-state index in [4.69, 9.17) is 9.47 Å². The maximum Gasteiger partial charge on any atom is 0.331 e. The number of aryl methyl sites for hydroxylation is 1. The molecule has 0 aliphatic carbocycles. The number of hydrogen-bond donors (Lipinski definition) is 0. The highest BCUT2D eigenvalue weighted by molar-refractivity contribution is 7.09. The van der Waals surface area contributed by atoms with E-state index in [1.807, 2.05) is 45.2 Å². The number of allylic oxidation sites excluding steroid dienone is 3. The second-order valence-corrected chi connectivity index (χ2v) is 8.68. The zero-order valence-electron chi connectivity index (χ0n) is 17.8. The molecule has 1 aromatic heterocycles. The number of nitrogens with zero attached hydrogens (tertiary/aromatic N) is 1. The molecule has 0 N–H and O–H groups in total. The standard InChI is InChI=1S/C23H31NO4S/c1-16(2)12-20-14-21-24-19(15-29-21)9-5-6-10-22(25)27-18(4)13-17(3)8-7-11-23(26)28-20/h7-8,11-12,15,18,20H,5-6,9-10,13-14H2,1-4H3/b11-7-,17-8+. The van der Waals surface area contributed by atoms with E-state index >= 15 is 0 Å². The van der Waals surface area contributed by atoms with E-state index in [1.165, 1.54) is 6.08 Å². The molecule has 158 valence electrons. The number of thiazole rings is 1. The molecule has 0 radical (unpaired) electrons. The average molecular weight is 418 g/mol. The fourth-order valence-electron chi connectivity index (χ4n) is 3.14. The molecule has 1 aliphatic rings. The van der Waals surface area contributed by atoms with Gasteiger partial charge in [-0.05, 0) is 53.0 Å².